The van der Waals surface area contributed by atoms with Crippen LogP contribution in [-0.4, -0.2) is 91.0 Å². The van der Waals surface area contributed by atoms with Crippen molar-refractivity contribution in [1.29, 1.82) is 0 Å². The molecule has 4 aliphatic carbocycles. The predicted octanol–water partition coefficient (Wildman–Crippen LogP) is 8.09. The summed E-state index contributed by atoms with van der Waals surface area (Å²) >= 11 is 0. The Morgan fingerprint density at radius 2 is 1.35 bits per heavy atom. The lowest BCUT2D eigenvalue weighted by atomic mass is 9.49. The molecule has 13 nitrogen and oxygen atoms in total. The fourth-order valence-corrected chi connectivity index (χ4v) is 10.7. The SMILES string of the molecule is CCCCCCCCCCCCC/C=C/[C@@H](OC(=O)c1ccccc1)[C@H](CO[C@@H]1O[C@H](COC(C)=O)[C@H](O)[C@H](OC(C)=O)[C@H]1OC(C)=O)NC(=O)CC12CC3CC(CC(C3)C1)C2. The Balaban J connectivity index is 1.35. The Morgan fingerprint density at radius 1 is 0.790 bits per heavy atom. The van der Waals surface area contributed by atoms with Crippen molar-refractivity contribution in [2.45, 2.75) is 193 Å². The Labute approximate surface area is 368 Å². The first-order valence-electron chi connectivity index (χ1n) is 23.5. The van der Waals surface area contributed by atoms with Gasteiger partial charge in [0, 0.05) is 27.2 Å². The van der Waals surface area contributed by atoms with Crippen LogP contribution in [0.3, 0.4) is 0 Å². The Bertz CT molecular complexity index is 1580. The highest BCUT2D eigenvalue weighted by Crippen LogP contribution is 2.61. The van der Waals surface area contributed by atoms with Crippen molar-refractivity contribution < 1.29 is 57.5 Å². The molecule has 1 aromatic carbocycles. The van der Waals surface area contributed by atoms with Crippen LogP contribution in [0.4, 0.5) is 0 Å². The number of ether oxygens (including phenoxy) is 6. The Kier molecular flexibility index (Phi) is 19.7. The predicted molar refractivity (Wildman–Crippen MR) is 231 cm³/mol. The smallest absolute Gasteiger partial charge is 0.338 e. The molecule has 1 heterocycles. The Morgan fingerprint density at radius 3 is 1.92 bits per heavy atom. The molecule has 1 saturated heterocycles. The molecule has 7 atom stereocenters. The van der Waals surface area contributed by atoms with E-state index in [9.17, 15) is 29.1 Å². The highest BCUT2D eigenvalue weighted by molar-refractivity contribution is 5.89. The minimum absolute atomic E-state index is 0.0738. The molecule has 4 saturated carbocycles. The molecular weight excluding hydrogens is 795 g/mol. The molecule has 0 radical (unpaired) electrons. The van der Waals surface area contributed by atoms with E-state index in [0.29, 0.717) is 29.7 Å². The number of carbonyl (C=O) groups is 5. The second-order valence-electron chi connectivity index (χ2n) is 18.6. The zero-order valence-corrected chi connectivity index (χ0v) is 37.6. The van der Waals surface area contributed by atoms with Gasteiger partial charge in [0.1, 0.15) is 24.9 Å². The molecule has 1 amide bonds. The summed E-state index contributed by atoms with van der Waals surface area (Å²) in [5.41, 5.74) is 0.267. The van der Waals surface area contributed by atoms with Gasteiger partial charge in [-0.1, -0.05) is 95.4 Å². The summed E-state index contributed by atoms with van der Waals surface area (Å²) in [6.07, 6.45) is 17.0. The quantitative estimate of drug-likeness (QED) is 0.0397. The van der Waals surface area contributed by atoms with Crippen LogP contribution < -0.4 is 5.32 Å². The van der Waals surface area contributed by atoms with Gasteiger partial charge in [0.2, 0.25) is 5.91 Å². The second-order valence-corrected chi connectivity index (χ2v) is 18.6. The monoisotopic (exact) mass is 868 g/mol. The van der Waals surface area contributed by atoms with Crippen LogP contribution in [0.5, 0.6) is 0 Å². The normalized spacial score (nSPS) is 28.5. The topological polar surface area (TPSA) is 173 Å². The number of rotatable bonds is 26. The first kappa shape index (κ1) is 49.2. The number of unbranched alkanes of at least 4 members (excludes halogenated alkanes) is 11. The van der Waals surface area contributed by atoms with Crippen molar-refractivity contribution >= 4 is 29.8 Å². The lowest BCUT2D eigenvalue weighted by Crippen LogP contribution is -2.62. The summed E-state index contributed by atoms with van der Waals surface area (Å²) in [4.78, 5) is 64.4. The third-order valence-electron chi connectivity index (χ3n) is 13.1. The number of esters is 4. The van der Waals surface area contributed by atoms with Crippen LogP contribution in [0.1, 0.15) is 160 Å². The fraction of sp³-hybridized carbons (Fsp3) is 0.735. The van der Waals surface area contributed by atoms with Crippen molar-refractivity contribution in [3.8, 4) is 0 Å². The summed E-state index contributed by atoms with van der Waals surface area (Å²) in [6.45, 7) is 5.03. The second kappa shape index (κ2) is 24.9. The maximum absolute atomic E-state index is 14.3. The zero-order chi connectivity index (χ0) is 44.5. The number of amides is 1. The molecule has 2 N–H and O–H groups in total. The summed E-state index contributed by atoms with van der Waals surface area (Å²) in [5.74, 6) is -0.966. The number of hydrogen-bond acceptors (Lipinski definition) is 12. The summed E-state index contributed by atoms with van der Waals surface area (Å²) < 4.78 is 34.8. The van der Waals surface area contributed by atoms with Crippen LogP contribution in [0.2, 0.25) is 0 Å². The molecule has 4 bridgehead atoms. The van der Waals surface area contributed by atoms with E-state index in [2.05, 4.69) is 12.2 Å². The van der Waals surface area contributed by atoms with Crippen LogP contribution in [0.25, 0.3) is 0 Å². The summed E-state index contributed by atoms with van der Waals surface area (Å²) in [6, 6.07) is 7.69. The van der Waals surface area contributed by atoms with Crippen molar-refractivity contribution in [2.24, 2.45) is 23.2 Å². The van der Waals surface area contributed by atoms with Gasteiger partial charge in [-0.2, -0.15) is 0 Å². The van der Waals surface area contributed by atoms with Crippen LogP contribution in [0.15, 0.2) is 42.5 Å². The standard InChI is InChI=1S/C49H73NO12/c1-5-6-7-8-9-10-11-12-13-14-15-16-20-23-41(61-47(56)39-21-18-17-19-22-39)40(50-43(54)30-49-27-36-24-37(28-49)26-38(25-36)29-49)31-58-48-46(60-35(4)53)45(59-34(3)52)44(55)42(62-48)32-57-33(2)51/h17-23,36-38,40-42,44-46,48,55H,5-16,24-32H2,1-4H3,(H,50,54)/b23-20+/t36?,37?,38?,40-,41+,42+,44-,45-,46+,48+,49?/m0/s1. The molecule has 5 aliphatic rings. The highest BCUT2D eigenvalue weighted by Gasteiger charge is 2.53. The van der Waals surface area contributed by atoms with Gasteiger partial charge in [-0.05, 0) is 92.7 Å². The van der Waals surface area contributed by atoms with Gasteiger partial charge in [0.15, 0.2) is 18.5 Å². The summed E-state index contributed by atoms with van der Waals surface area (Å²) in [5, 5.41) is 14.4. The van der Waals surface area contributed by atoms with Crippen molar-refractivity contribution in [2.75, 3.05) is 13.2 Å². The molecule has 0 aromatic heterocycles. The third-order valence-corrected chi connectivity index (χ3v) is 13.1. The van der Waals surface area contributed by atoms with E-state index >= 15 is 0 Å². The molecule has 1 aliphatic heterocycles. The van der Waals surface area contributed by atoms with Gasteiger partial charge in [0.05, 0.1) is 18.2 Å². The molecule has 1 aromatic rings. The third kappa shape index (κ3) is 15.5. The fourth-order valence-electron chi connectivity index (χ4n) is 10.7. The van der Waals surface area contributed by atoms with Gasteiger partial charge in [-0.3, -0.25) is 19.2 Å². The molecular formula is C49H73NO12. The Hall–Kier alpha value is -3.81. The number of aliphatic hydroxyl groups is 1. The number of hydrogen-bond donors (Lipinski definition) is 2. The minimum atomic E-state index is -1.56. The molecule has 0 unspecified atom stereocenters. The average molecular weight is 868 g/mol. The number of benzene rings is 1. The van der Waals surface area contributed by atoms with E-state index in [1.54, 1.807) is 30.3 Å². The molecule has 0 spiro atoms. The van der Waals surface area contributed by atoms with E-state index in [1.807, 2.05) is 12.1 Å². The summed E-state index contributed by atoms with van der Waals surface area (Å²) in [7, 11) is 0. The minimum Gasteiger partial charge on any atom is -0.463 e. The van der Waals surface area contributed by atoms with Gasteiger partial charge >= 0.3 is 23.9 Å². The largest absolute Gasteiger partial charge is 0.463 e. The van der Waals surface area contributed by atoms with E-state index in [-0.39, 0.29) is 17.9 Å². The van der Waals surface area contributed by atoms with Gasteiger partial charge in [-0.25, -0.2) is 4.79 Å². The molecule has 6 rings (SSSR count). The van der Waals surface area contributed by atoms with Crippen LogP contribution in [-0.2, 0) is 47.6 Å². The maximum atomic E-state index is 14.3. The van der Waals surface area contributed by atoms with Crippen LogP contribution >= 0.6 is 0 Å². The van der Waals surface area contributed by atoms with Gasteiger partial charge in [0.25, 0.3) is 0 Å². The number of aliphatic hydroxyl groups excluding tert-OH is 1. The number of carbonyl (C=O) groups excluding carboxylic acids is 5. The van der Waals surface area contributed by atoms with Crippen molar-refractivity contribution in [3.05, 3.63) is 48.0 Å². The lowest BCUT2D eigenvalue weighted by molar-refractivity contribution is -0.307. The van der Waals surface area contributed by atoms with E-state index < -0.39 is 73.3 Å². The maximum Gasteiger partial charge on any atom is 0.338 e. The van der Waals surface area contributed by atoms with Crippen molar-refractivity contribution in [3.63, 3.8) is 0 Å². The first-order chi connectivity index (χ1) is 29.8. The van der Waals surface area contributed by atoms with E-state index in [1.165, 1.54) is 77.6 Å². The highest BCUT2D eigenvalue weighted by atomic mass is 16.7. The van der Waals surface area contributed by atoms with E-state index in [4.69, 9.17) is 28.4 Å². The number of nitrogens with one attached hydrogen (secondary N) is 1. The lowest BCUT2D eigenvalue weighted by Gasteiger charge is -2.56. The number of allylic oxidation sites excluding steroid dienone is 1. The molecule has 62 heavy (non-hydrogen) atoms. The van der Waals surface area contributed by atoms with Gasteiger partial charge < -0.3 is 38.8 Å². The molecule has 13 heteroatoms. The van der Waals surface area contributed by atoms with Gasteiger partial charge in [-0.15, -0.1) is 0 Å². The van der Waals surface area contributed by atoms with Crippen LogP contribution in [0, 0.1) is 23.2 Å². The molecule has 5 fully saturated rings. The van der Waals surface area contributed by atoms with E-state index in [0.717, 1.165) is 58.8 Å². The average Bonchev–Trinajstić information content (AvgIpc) is 3.21. The van der Waals surface area contributed by atoms with Crippen molar-refractivity contribution in [1.82, 2.24) is 5.32 Å². The first-order valence-corrected chi connectivity index (χ1v) is 23.5. The zero-order valence-electron chi connectivity index (χ0n) is 37.6. The molecule has 346 valence electrons.